The van der Waals surface area contributed by atoms with Crippen molar-refractivity contribution < 1.29 is 29.0 Å². The first kappa shape index (κ1) is 22.9. The summed E-state index contributed by atoms with van der Waals surface area (Å²) in [5.74, 6) is -1.80. The zero-order valence-corrected chi connectivity index (χ0v) is 19.1. The minimum Gasteiger partial charge on any atom is -0.480 e. The van der Waals surface area contributed by atoms with E-state index in [1.165, 1.54) is 0 Å². The Hall–Kier alpha value is -3.88. The summed E-state index contributed by atoms with van der Waals surface area (Å²) in [4.78, 5) is 47.4. The van der Waals surface area contributed by atoms with Crippen molar-refractivity contribution in [3.63, 3.8) is 0 Å². The van der Waals surface area contributed by atoms with Crippen LogP contribution in [0, 0.1) is 11.3 Å². The number of ether oxygens (including phenoxy) is 1. The summed E-state index contributed by atoms with van der Waals surface area (Å²) in [6.07, 6.45) is 1.40. The molecule has 0 saturated heterocycles. The Morgan fingerprint density at radius 3 is 2.23 bits per heavy atom. The second-order valence-corrected chi connectivity index (χ2v) is 9.52. The van der Waals surface area contributed by atoms with Gasteiger partial charge in [0, 0.05) is 12.0 Å². The molecule has 0 aliphatic heterocycles. The summed E-state index contributed by atoms with van der Waals surface area (Å²) in [5, 5.41) is 16.3. The predicted octanol–water partition coefficient (Wildman–Crippen LogP) is 2.01. The second-order valence-electron chi connectivity index (χ2n) is 9.52. The van der Waals surface area contributed by atoms with Gasteiger partial charge >= 0.3 is 12.1 Å². The average molecular weight is 478 g/mol. The maximum absolute atomic E-state index is 12.7. The van der Waals surface area contributed by atoms with E-state index < -0.39 is 29.9 Å². The lowest BCUT2D eigenvalue weighted by Crippen LogP contribution is -2.42. The number of fused-ring (bicyclic) bond motifs is 4. The molecule has 0 bridgehead atoms. The van der Waals surface area contributed by atoms with Crippen LogP contribution in [0.1, 0.15) is 36.3 Å². The van der Waals surface area contributed by atoms with Crippen LogP contribution in [0.3, 0.4) is 0 Å². The normalized spacial score (nSPS) is 23.4. The third kappa shape index (κ3) is 4.45. The lowest BCUT2D eigenvalue weighted by Gasteiger charge is -2.19. The number of rotatable bonds is 8. The zero-order valence-electron chi connectivity index (χ0n) is 19.1. The first-order chi connectivity index (χ1) is 16.9. The number of carbonyl (C=O) groups is 4. The van der Waals surface area contributed by atoms with Crippen molar-refractivity contribution >= 4 is 23.9 Å². The van der Waals surface area contributed by atoms with Gasteiger partial charge in [-0.05, 0) is 47.4 Å². The highest BCUT2D eigenvalue weighted by Crippen LogP contribution is 2.63. The van der Waals surface area contributed by atoms with Gasteiger partial charge in [0.05, 0.1) is 12.0 Å². The Morgan fingerprint density at radius 1 is 0.914 bits per heavy atom. The van der Waals surface area contributed by atoms with Crippen LogP contribution in [0.4, 0.5) is 4.79 Å². The van der Waals surface area contributed by atoms with Crippen LogP contribution >= 0.6 is 0 Å². The van der Waals surface area contributed by atoms with Gasteiger partial charge in [0.25, 0.3) is 0 Å². The molecule has 0 aromatic heterocycles. The number of carboxylic acids is 1. The molecule has 2 fully saturated rings. The van der Waals surface area contributed by atoms with Crippen molar-refractivity contribution in [2.24, 2.45) is 11.3 Å². The first-order valence-corrected chi connectivity index (χ1v) is 11.8. The van der Waals surface area contributed by atoms with Crippen LogP contribution in [0.15, 0.2) is 48.5 Å². The average Bonchev–Trinajstić information content (AvgIpc) is 3.27. The van der Waals surface area contributed by atoms with Crippen molar-refractivity contribution in [2.75, 3.05) is 19.7 Å². The number of hydrogen-bond acceptors (Lipinski definition) is 5. The molecular formula is C26H27N3O6. The molecule has 0 spiro atoms. The number of amides is 3. The Bertz CT molecular complexity index is 1150. The fourth-order valence-corrected chi connectivity index (χ4v) is 5.67. The van der Waals surface area contributed by atoms with Crippen LogP contribution < -0.4 is 16.0 Å². The van der Waals surface area contributed by atoms with Crippen LogP contribution in [-0.2, 0) is 19.1 Å². The molecule has 5 rings (SSSR count). The van der Waals surface area contributed by atoms with Crippen LogP contribution in [-0.4, -0.2) is 54.7 Å². The van der Waals surface area contributed by atoms with Crippen molar-refractivity contribution in [2.45, 2.75) is 31.2 Å². The minimum absolute atomic E-state index is 0.0190. The van der Waals surface area contributed by atoms with Gasteiger partial charge in [0.2, 0.25) is 11.8 Å². The second kappa shape index (κ2) is 9.05. The molecule has 2 saturated carbocycles. The third-order valence-electron chi connectivity index (χ3n) is 7.38. The van der Waals surface area contributed by atoms with Gasteiger partial charge in [0.1, 0.15) is 13.2 Å². The number of carbonyl (C=O) groups excluding carboxylic acids is 3. The van der Waals surface area contributed by atoms with E-state index in [0.29, 0.717) is 12.8 Å². The molecular weight excluding hydrogens is 450 g/mol. The molecule has 3 aliphatic carbocycles. The van der Waals surface area contributed by atoms with Gasteiger partial charge in [-0.25, -0.2) is 4.79 Å². The number of benzene rings is 2. The summed E-state index contributed by atoms with van der Waals surface area (Å²) in [6, 6.07) is 16.1. The monoisotopic (exact) mass is 477 g/mol. The number of carboxylic acid groups (broad SMARTS) is 1. The Balaban J connectivity index is 1.11. The van der Waals surface area contributed by atoms with Gasteiger partial charge in [-0.2, -0.15) is 0 Å². The highest BCUT2D eigenvalue weighted by molar-refractivity contribution is 5.91. The lowest BCUT2D eigenvalue weighted by molar-refractivity contribution is -0.137. The highest BCUT2D eigenvalue weighted by atomic mass is 16.5. The molecule has 3 atom stereocenters. The van der Waals surface area contributed by atoms with Gasteiger partial charge in [-0.3, -0.25) is 14.4 Å². The molecule has 3 amide bonds. The van der Waals surface area contributed by atoms with E-state index in [4.69, 9.17) is 9.84 Å². The van der Waals surface area contributed by atoms with Crippen LogP contribution in [0.2, 0.25) is 0 Å². The van der Waals surface area contributed by atoms with E-state index in [-0.39, 0.29) is 36.9 Å². The molecule has 0 unspecified atom stereocenters. The maximum Gasteiger partial charge on any atom is 0.407 e. The van der Waals surface area contributed by atoms with E-state index in [2.05, 4.69) is 40.2 Å². The molecule has 9 nitrogen and oxygen atoms in total. The Morgan fingerprint density at radius 2 is 1.57 bits per heavy atom. The maximum atomic E-state index is 12.7. The lowest BCUT2D eigenvalue weighted by atomic mass is 9.98. The zero-order chi connectivity index (χ0) is 24.6. The molecule has 0 radical (unpaired) electrons. The molecule has 2 aromatic carbocycles. The summed E-state index contributed by atoms with van der Waals surface area (Å²) in [5.41, 5.74) is 4.04. The summed E-state index contributed by atoms with van der Waals surface area (Å²) >= 11 is 0. The quantitative estimate of drug-likeness (QED) is 0.460. The van der Waals surface area contributed by atoms with Crippen molar-refractivity contribution in [1.29, 1.82) is 0 Å². The van der Waals surface area contributed by atoms with E-state index in [0.717, 1.165) is 28.7 Å². The number of aliphatic carboxylic acids is 1. The number of hydrogen-bond donors (Lipinski definition) is 4. The SMILES string of the molecule is O=C(O)CNC(=O)CNC(=O)[C@]12C[C@H](NC(=O)OCC3c4ccccc4-c4ccccc43)C[C@H]1C2. The summed E-state index contributed by atoms with van der Waals surface area (Å²) in [6.45, 7) is -0.535. The molecule has 3 aliphatic rings. The minimum atomic E-state index is -1.15. The van der Waals surface area contributed by atoms with E-state index >= 15 is 0 Å². The van der Waals surface area contributed by atoms with Crippen molar-refractivity contribution in [3.05, 3.63) is 59.7 Å². The van der Waals surface area contributed by atoms with E-state index in [1.807, 2.05) is 24.3 Å². The molecule has 182 valence electrons. The molecule has 9 heteroatoms. The van der Waals surface area contributed by atoms with Crippen molar-refractivity contribution in [3.8, 4) is 11.1 Å². The van der Waals surface area contributed by atoms with E-state index in [1.54, 1.807) is 0 Å². The fourth-order valence-electron chi connectivity index (χ4n) is 5.67. The van der Waals surface area contributed by atoms with Gasteiger partial charge in [-0.1, -0.05) is 48.5 Å². The summed E-state index contributed by atoms with van der Waals surface area (Å²) in [7, 11) is 0. The highest BCUT2D eigenvalue weighted by Gasteiger charge is 2.65. The third-order valence-corrected chi connectivity index (χ3v) is 7.38. The van der Waals surface area contributed by atoms with Crippen molar-refractivity contribution in [1.82, 2.24) is 16.0 Å². The van der Waals surface area contributed by atoms with Crippen LogP contribution in [0.25, 0.3) is 11.1 Å². The topological polar surface area (TPSA) is 134 Å². The number of nitrogens with one attached hydrogen (secondary N) is 3. The molecule has 2 aromatic rings. The van der Waals surface area contributed by atoms with Crippen LogP contribution in [0.5, 0.6) is 0 Å². The van der Waals surface area contributed by atoms with Gasteiger partial charge in [-0.15, -0.1) is 0 Å². The molecule has 35 heavy (non-hydrogen) atoms. The van der Waals surface area contributed by atoms with E-state index in [9.17, 15) is 19.2 Å². The fraction of sp³-hybridized carbons (Fsp3) is 0.385. The predicted molar refractivity (Wildman–Crippen MR) is 125 cm³/mol. The molecule has 4 N–H and O–H groups in total. The number of alkyl carbamates (subject to hydrolysis) is 1. The van der Waals surface area contributed by atoms with Gasteiger partial charge < -0.3 is 25.8 Å². The first-order valence-electron chi connectivity index (χ1n) is 11.8. The molecule has 0 heterocycles. The largest absolute Gasteiger partial charge is 0.480 e. The smallest absolute Gasteiger partial charge is 0.407 e. The Kier molecular flexibility index (Phi) is 5.92. The summed E-state index contributed by atoms with van der Waals surface area (Å²) < 4.78 is 5.62. The van der Waals surface area contributed by atoms with Gasteiger partial charge in [0.15, 0.2) is 0 Å². The Labute approximate surface area is 202 Å². The standard InChI is InChI=1S/C26H27N3O6/c30-22(27-13-23(31)32)12-28-24(33)26-10-15(26)9-16(11-26)29-25(34)35-14-21-19-7-3-1-5-17(19)18-6-2-4-8-20(18)21/h1-8,15-16,21H,9-14H2,(H,27,30)(H,28,33)(H,29,34)(H,31,32)/t15-,16+,26+/m0/s1.